The first-order valence-electron chi connectivity index (χ1n) is 10.1. The molecule has 32 heavy (non-hydrogen) atoms. The molecule has 1 aliphatic heterocycles. The number of Topliss-reactive ketones (excluding diaryl/α,β-unsaturated/α-hetero) is 1. The second-order valence-electron chi connectivity index (χ2n) is 7.59. The number of fused-ring (bicyclic) bond motifs is 2. The maximum absolute atomic E-state index is 12.9. The third-order valence-electron chi connectivity index (χ3n) is 5.45. The number of ether oxygens (including phenoxy) is 3. The fraction of sp³-hybridized carbons (Fsp3) is 0.115. The van der Waals surface area contributed by atoms with Crippen LogP contribution in [0.4, 0.5) is 0 Å². The lowest BCUT2D eigenvalue weighted by Gasteiger charge is -2.07. The van der Waals surface area contributed by atoms with Crippen molar-refractivity contribution >= 4 is 34.4 Å². The van der Waals surface area contributed by atoms with Gasteiger partial charge >= 0.3 is 0 Å². The van der Waals surface area contributed by atoms with Crippen molar-refractivity contribution in [2.75, 3.05) is 7.11 Å². The molecule has 0 N–H and O–H groups in total. The quantitative estimate of drug-likeness (QED) is 0.352. The number of aryl methyl sites for hydroxylation is 1. The van der Waals surface area contributed by atoms with Crippen LogP contribution in [0.2, 0.25) is 5.02 Å². The Balaban J connectivity index is 1.41. The average Bonchev–Trinajstić information content (AvgIpc) is 3.28. The number of rotatable bonds is 5. The molecule has 4 aromatic rings. The van der Waals surface area contributed by atoms with Gasteiger partial charge in [-0.2, -0.15) is 0 Å². The number of aromatic nitrogens is 1. The number of hydrogen-bond acceptors (Lipinski definition) is 4. The number of benzene rings is 3. The van der Waals surface area contributed by atoms with Gasteiger partial charge < -0.3 is 18.8 Å². The van der Waals surface area contributed by atoms with Gasteiger partial charge in [-0.25, -0.2) is 0 Å². The molecule has 0 saturated carbocycles. The van der Waals surface area contributed by atoms with Crippen LogP contribution in [0.1, 0.15) is 21.5 Å². The fourth-order valence-electron chi connectivity index (χ4n) is 3.84. The predicted octanol–water partition coefficient (Wildman–Crippen LogP) is 6.04. The van der Waals surface area contributed by atoms with Crippen LogP contribution >= 0.6 is 11.6 Å². The Labute approximate surface area is 190 Å². The van der Waals surface area contributed by atoms with E-state index in [0.29, 0.717) is 28.7 Å². The highest BCUT2D eigenvalue weighted by Crippen LogP contribution is 2.36. The summed E-state index contributed by atoms with van der Waals surface area (Å²) in [6.07, 6.45) is 3.74. The smallest absolute Gasteiger partial charge is 0.231 e. The molecule has 3 aromatic carbocycles. The van der Waals surface area contributed by atoms with Gasteiger partial charge in [0, 0.05) is 40.8 Å². The van der Waals surface area contributed by atoms with Crippen molar-refractivity contribution < 1.29 is 19.0 Å². The van der Waals surface area contributed by atoms with E-state index in [1.54, 1.807) is 31.4 Å². The van der Waals surface area contributed by atoms with Gasteiger partial charge in [-0.15, -0.1) is 0 Å². The number of carbonyl (C=O) groups is 1. The molecule has 0 aliphatic carbocycles. The zero-order valence-corrected chi connectivity index (χ0v) is 18.3. The second-order valence-corrected chi connectivity index (χ2v) is 8.03. The number of halogens is 1. The number of ketones is 1. The van der Waals surface area contributed by atoms with Crippen molar-refractivity contribution in [2.24, 2.45) is 7.05 Å². The Morgan fingerprint density at radius 2 is 1.91 bits per heavy atom. The van der Waals surface area contributed by atoms with Crippen molar-refractivity contribution in [1.29, 1.82) is 0 Å². The van der Waals surface area contributed by atoms with E-state index in [-0.39, 0.29) is 11.5 Å². The van der Waals surface area contributed by atoms with Crippen molar-refractivity contribution in [3.63, 3.8) is 0 Å². The molecule has 0 spiro atoms. The molecular formula is C26H20ClNO4. The molecule has 0 fully saturated rings. The predicted molar refractivity (Wildman–Crippen MR) is 125 cm³/mol. The third kappa shape index (κ3) is 3.72. The summed E-state index contributed by atoms with van der Waals surface area (Å²) in [5.74, 6) is 1.99. The zero-order valence-electron chi connectivity index (χ0n) is 17.6. The maximum Gasteiger partial charge on any atom is 0.231 e. The summed E-state index contributed by atoms with van der Waals surface area (Å²) in [5, 5.41) is 1.65. The van der Waals surface area contributed by atoms with Crippen LogP contribution in [0.3, 0.4) is 0 Å². The van der Waals surface area contributed by atoms with E-state index in [1.165, 1.54) is 0 Å². The lowest BCUT2D eigenvalue weighted by atomic mass is 10.1. The minimum absolute atomic E-state index is 0.152. The SMILES string of the molecule is COc1ccc2c(c1)c(/C=C1/Oc3cc(OCc4cccc(Cl)c4)ccc3C1=O)cn2C. The maximum atomic E-state index is 12.9. The summed E-state index contributed by atoms with van der Waals surface area (Å²) in [7, 11) is 3.60. The van der Waals surface area contributed by atoms with E-state index in [0.717, 1.165) is 27.8 Å². The number of nitrogens with zero attached hydrogens (tertiary/aromatic N) is 1. The van der Waals surface area contributed by atoms with E-state index in [1.807, 2.05) is 60.3 Å². The van der Waals surface area contributed by atoms with Crippen LogP contribution in [0.5, 0.6) is 17.2 Å². The fourth-order valence-corrected chi connectivity index (χ4v) is 4.05. The van der Waals surface area contributed by atoms with Crippen molar-refractivity contribution in [3.05, 3.63) is 94.3 Å². The molecule has 1 aromatic heterocycles. The van der Waals surface area contributed by atoms with Crippen LogP contribution in [-0.2, 0) is 13.7 Å². The van der Waals surface area contributed by atoms with Gasteiger partial charge in [-0.1, -0.05) is 23.7 Å². The van der Waals surface area contributed by atoms with E-state index >= 15 is 0 Å². The van der Waals surface area contributed by atoms with Gasteiger partial charge in [0.2, 0.25) is 5.78 Å². The summed E-state index contributed by atoms with van der Waals surface area (Å²) in [4.78, 5) is 12.9. The van der Waals surface area contributed by atoms with Crippen molar-refractivity contribution in [1.82, 2.24) is 4.57 Å². The van der Waals surface area contributed by atoms with Crippen molar-refractivity contribution in [3.8, 4) is 17.2 Å². The van der Waals surface area contributed by atoms with Gasteiger partial charge in [0.15, 0.2) is 5.76 Å². The Kier molecular flexibility index (Phi) is 5.11. The first-order chi connectivity index (χ1) is 15.5. The van der Waals surface area contributed by atoms with Gasteiger partial charge in [-0.3, -0.25) is 4.79 Å². The molecule has 0 unspecified atom stereocenters. The topological polar surface area (TPSA) is 49.7 Å². The third-order valence-corrected chi connectivity index (χ3v) is 5.69. The van der Waals surface area contributed by atoms with Crippen LogP contribution in [0, 0.1) is 0 Å². The van der Waals surface area contributed by atoms with Crippen molar-refractivity contribution in [2.45, 2.75) is 6.61 Å². The highest BCUT2D eigenvalue weighted by molar-refractivity contribution is 6.30. The van der Waals surface area contributed by atoms with E-state index in [2.05, 4.69) is 0 Å². The molecule has 0 atom stereocenters. The molecule has 0 saturated heterocycles. The van der Waals surface area contributed by atoms with Gasteiger partial charge in [-0.05, 0) is 54.1 Å². The lowest BCUT2D eigenvalue weighted by molar-refractivity contribution is 0.101. The molecular weight excluding hydrogens is 426 g/mol. The minimum atomic E-state index is -0.152. The van der Waals surface area contributed by atoms with Crippen LogP contribution < -0.4 is 14.2 Å². The van der Waals surface area contributed by atoms with Gasteiger partial charge in [0.25, 0.3) is 0 Å². The Morgan fingerprint density at radius 3 is 2.72 bits per heavy atom. The molecule has 1 aliphatic rings. The van der Waals surface area contributed by atoms with Crippen LogP contribution in [-0.4, -0.2) is 17.5 Å². The lowest BCUT2D eigenvalue weighted by Crippen LogP contribution is -1.98. The first-order valence-corrected chi connectivity index (χ1v) is 10.5. The highest BCUT2D eigenvalue weighted by Gasteiger charge is 2.28. The zero-order chi connectivity index (χ0) is 22.2. The molecule has 5 nitrogen and oxygen atoms in total. The Bertz CT molecular complexity index is 1390. The van der Waals surface area contributed by atoms with Gasteiger partial charge in [0.1, 0.15) is 23.9 Å². The standard InChI is InChI=1S/C26H20ClNO4/c1-28-14-17(22-12-19(30-2)7-9-23(22)28)11-25-26(29)21-8-6-20(13-24(21)32-25)31-15-16-4-3-5-18(27)10-16/h3-14H,15H2,1-2H3/b25-11+. The number of hydrogen-bond donors (Lipinski definition) is 0. The highest BCUT2D eigenvalue weighted by atomic mass is 35.5. The van der Waals surface area contributed by atoms with Gasteiger partial charge in [0.05, 0.1) is 12.7 Å². The molecule has 5 rings (SSSR count). The molecule has 0 bridgehead atoms. The minimum Gasteiger partial charge on any atom is -0.497 e. The van der Waals surface area contributed by atoms with E-state index in [4.69, 9.17) is 25.8 Å². The number of carbonyl (C=O) groups excluding carboxylic acids is 1. The van der Waals surface area contributed by atoms with E-state index in [9.17, 15) is 4.79 Å². The second kappa shape index (κ2) is 8.09. The summed E-state index contributed by atoms with van der Waals surface area (Å²) >= 11 is 6.03. The number of allylic oxidation sites excluding steroid dienone is 1. The van der Waals surface area contributed by atoms with E-state index < -0.39 is 0 Å². The normalized spacial score (nSPS) is 14.0. The summed E-state index contributed by atoms with van der Waals surface area (Å²) in [5.41, 5.74) is 3.40. The first kappa shape index (κ1) is 20.2. The monoisotopic (exact) mass is 445 g/mol. The largest absolute Gasteiger partial charge is 0.497 e. The molecule has 160 valence electrons. The van der Waals surface area contributed by atoms with Crippen LogP contribution in [0.15, 0.2) is 72.6 Å². The van der Waals surface area contributed by atoms with Crippen LogP contribution in [0.25, 0.3) is 17.0 Å². The molecule has 0 amide bonds. The summed E-state index contributed by atoms with van der Waals surface area (Å²) in [6.45, 7) is 0.369. The summed E-state index contributed by atoms with van der Waals surface area (Å²) < 4.78 is 19.1. The average molecular weight is 446 g/mol. The molecule has 6 heteroatoms. The number of methoxy groups -OCH3 is 1. The Hall–Kier alpha value is -3.70. The molecule has 0 radical (unpaired) electrons. The molecule has 2 heterocycles. The summed E-state index contributed by atoms with van der Waals surface area (Å²) in [6, 6.07) is 18.6. The Morgan fingerprint density at radius 1 is 1.06 bits per heavy atom.